The zero-order chi connectivity index (χ0) is 18.3. The molecule has 0 saturated heterocycles. The van der Waals surface area contributed by atoms with Gasteiger partial charge in [0.15, 0.2) is 5.78 Å². The summed E-state index contributed by atoms with van der Waals surface area (Å²) >= 11 is 0. The minimum Gasteiger partial charge on any atom is -0.478 e. The summed E-state index contributed by atoms with van der Waals surface area (Å²) in [5.74, 6) is -1.78. The Balaban J connectivity index is 2.43. The van der Waals surface area contributed by atoms with E-state index >= 15 is 0 Å². The molecule has 134 valence electrons. The molecule has 0 aliphatic rings. The number of nitrogens with one attached hydrogen (secondary N) is 1. The summed E-state index contributed by atoms with van der Waals surface area (Å²) in [7, 11) is -3.51. The summed E-state index contributed by atoms with van der Waals surface area (Å²) < 4.78 is 24.3. The number of aromatic carboxylic acids is 1. The third kappa shape index (κ3) is 4.92. The van der Waals surface area contributed by atoms with Gasteiger partial charge in [-0.15, -0.1) is 0 Å². The molecule has 2 aromatic carbocycles. The average molecular weight is 363 g/mol. The Morgan fingerprint density at radius 1 is 1.08 bits per heavy atom. The highest BCUT2D eigenvalue weighted by Crippen LogP contribution is 2.60. The summed E-state index contributed by atoms with van der Waals surface area (Å²) in [5.41, 5.74) is 1.39. The lowest BCUT2D eigenvalue weighted by atomic mass is 10.2. The zero-order valence-electron chi connectivity index (χ0n) is 14.2. The van der Waals surface area contributed by atoms with Gasteiger partial charge in [0.05, 0.1) is 18.8 Å². The number of carboxylic acid groups (broad SMARTS) is 1. The van der Waals surface area contributed by atoms with E-state index in [0.29, 0.717) is 5.69 Å². The number of rotatable bonds is 9. The molecule has 7 heteroatoms. The Morgan fingerprint density at radius 3 is 2.28 bits per heavy atom. The van der Waals surface area contributed by atoms with Crippen molar-refractivity contribution in [2.75, 3.05) is 18.5 Å². The smallest absolute Gasteiger partial charge is 0.357 e. The van der Waals surface area contributed by atoms with Crippen molar-refractivity contribution in [1.29, 1.82) is 0 Å². The molecule has 0 amide bonds. The summed E-state index contributed by atoms with van der Waals surface area (Å²) in [6.45, 7) is 3.96. The Labute approximate surface area is 147 Å². The number of hydrogen-bond donors (Lipinski definition) is 2. The minimum absolute atomic E-state index is 0.138. The largest absolute Gasteiger partial charge is 0.478 e. The van der Waals surface area contributed by atoms with E-state index in [0.717, 1.165) is 5.56 Å². The Kier molecular flexibility index (Phi) is 6.76. The molecule has 2 rings (SSSR count). The molecule has 25 heavy (non-hydrogen) atoms. The zero-order valence-corrected chi connectivity index (χ0v) is 15.1. The van der Waals surface area contributed by atoms with Crippen LogP contribution in [-0.4, -0.2) is 24.3 Å². The lowest BCUT2D eigenvalue weighted by molar-refractivity contribution is 0.0697. The lowest BCUT2D eigenvalue weighted by Crippen LogP contribution is -2.15. The first-order chi connectivity index (χ1) is 12.0. The van der Waals surface area contributed by atoms with Gasteiger partial charge in [-0.05, 0) is 37.6 Å². The highest BCUT2D eigenvalue weighted by Gasteiger charge is 2.37. The number of benzene rings is 2. The standard InChI is InChI=1S/C18H22NO5P/c1-3-23-25(22,24-4-2)17(14-9-6-5-7-10-14)19-16-12-8-11-15(13-16)18(20)21/h5-13,17,19H,3-4H2,1-2H3,(H,20,21). The van der Waals surface area contributed by atoms with Crippen molar-refractivity contribution in [2.24, 2.45) is 0 Å². The van der Waals surface area contributed by atoms with Crippen LogP contribution in [0, 0.1) is 0 Å². The average Bonchev–Trinajstić information content (AvgIpc) is 2.61. The maximum absolute atomic E-state index is 13.3. The molecule has 0 heterocycles. The lowest BCUT2D eigenvalue weighted by Gasteiger charge is -2.28. The molecule has 0 aliphatic heterocycles. The molecule has 0 radical (unpaired) electrons. The number of hydrogen-bond acceptors (Lipinski definition) is 5. The van der Waals surface area contributed by atoms with Crippen LogP contribution in [0.25, 0.3) is 0 Å². The van der Waals surface area contributed by atoms with Gasteiger partial charge in [0.1, 0.15) is 0 Å². The molecular weight excluding hydrogens is 341 g/mol. The molecule has 2 aromatic rings. The van der Waals surface area contributed by atoms with Gasteiger partial charge < -0.3 is 19.5 Å². The second kappa shape index (κ2) is 8.81. The summed E-state index contributed by atoms with van der Waals surface area (Å²) in [5, 5.41) is 12.3. The van der Waals surface area contributed by atoms with Gasteiger partial charge in [-0.2, -0.15) is 0 Å². The third-order valence-electron chi connectivity index (χ3n) is 3.46. The van der Waals surface area contributed by atoms with Gasteiger partial charge in [-0.3, -0.25) is 4.57 Å². The molecule has 1 atom stereocenters. The molecule has 0 aromatic heterocycles. The first kappa shape index (κ1) is 19.2. The predicted molar refractivity (Wildman–Crippen MR) is 97.1 cm³/mol. The molecule has 0 spiro atoms. The summed E-state index contributed by atoms with van der Waals surface area (Å²) in [6.07, 6.45) is 0. The topological polar surface area (TPSA) is 84.9 Å². The fourth-order valence-corrected chi connectivity index (χ4v) is 4.36. The Hall–Kier alpha value is -2.14. The molecular formula is C18H22NO5P. The van der Waals surface area contributed by atoms with Gasteiger partial charge in [-0.25, -0.2) is 4.79 Å². The van der Waals surface area contributed by atoms with Crippen LogP contribution in [0.5, 0.6) is 0 Å². The van der Waals surface area contributed by atoms with Crippen LogP contribution in [-0.2, 0) is 13.6 Å². The van der Waals surface area contributed by atoms with Gasteiger partial charge >= 0.3 is 13.6 Å². The van der Waals surface area contributed by atoms with Gasteiger partial charge in [0.25, 0.3) is 0 Å². The predicted octanol–water partition coefficient (Wildman–Crippen LogP) is 4.76. The maximum atomic E-state index is 13.3. The van der Waals surface area contributed by atoms with Crippen molar-refractivity contribution in [3.63, 3.8) is 0 Å². The molecule has 0 saturated carbocycles. The quantitative estimate of drug-likeness (QED) is 0.625. The van der Waals surface area contributed by atoms with E-state index in [9.17, 15) is 9.36 Å². The van der Waals surface area contributed by atoms with E-state index in [1.165, 1.54) is 12.1 Å². The first-order valence-corrected chi connectivity index (χ1v) is 9.65. The van der Waals surface area contributed by atoms with Crippen LogP contribution in [0.2, 0.25) is 0 Å². The third-order valence-corrected chi connectivity index (χ3v) is 5.76. The van der Waals surface area contributed by atoms with Crippen LogP contribution in [0.4, 0.5) is 5.69 Å². The van der Waals surface area contributed by atoms with Crippen molar-refractivity contribution in [2.45, 2.75) is 19.6 Å². The molecule has 6 nitrogen and oxygen atoms in total. The van der Waals surface area contributed by atoms with Crippen LogP contribution in [0.3, 0.4) is 0 Å². The molecule has 2 N–H and O–H groups in total. The Bertz CT molecular complexity index is 740. The van der Waals surface area contributed by atoms with Crippen molar-refractivity contribution >= 4 is 19.3 Å². The van der Waals surface area contributed by atoms with E-state index in [1.54, 1.807) is 26.0 Å². The highest BCUT2D eigenvalue weighted by molar-refractivity contribution is 7.54. The van der Waals surface area contributed by atoms with Crippen molar-refractivity contribution in [3.05, 3.63) is 65.7 Å². The van der Waals surface area contributed by atoms with E-state index < -0.39 is 19.3 Å². The minimum atomic E-state index is -3.51. The van der Waals surface area contributed by atoms with Crippen molar-refractivity contribution in [1.82, 2.24) is 0 Å². The first-order valence-electron chi connectivity index (χ1n) is 8.03. The molecule has 1 unspecified atom stereocenters. The molecule has 0 bridgehead atoms. The number of anilines is 1. The summed E-state index contributed by atoms with van der Waals surface area (Å²) in [4.78, 5) is 11.2. The van der Waals surface area contributed by atoms with E-state index in [4.69, 9.17) is 14.2 Å². The fourth-order valence-electron chi connectivity index (χ4n) is 2.43. The van der Waals surface area contributed by atoms with Gasteiger partial charge in [0.2, 0.25) is 0 Å². The van der Waals surface area contributed by atoms with Crippen molar-refractivity contribution in [3.8, 4) is 0 Å². The van der Waals surface area contributed by atoms with Crippen LogP contribution in [0.15, 0.2) is 54.6 Å². The van der Waals surface area contributed by atoms with Crippen LogP contribution >= 0.6 is 7.60 Å². The fraction of sp³-hybridized carbons (Fsp3) is 0.278. The second-order valence-corrected chi connectivity index (χ2v) is 7.33. The molecule has 0 fully saturated rings. The van der Waals surface area contributed by atoms with Crippen LogP contribution in [0.1, 0.15) is 35.6 Å². The SMILES string of the molecule is CCOP(=O)(OCC)C(Nc1cccc(C(=O)O)c1)c1ccccc1. The summed E-state index contributed by atoms with van der Waals surface area (Å²) in [6, 6.07) is 15.5. The van der Waals surface area contributed by atoms with Crippen molar-refractivity contribution < 1.29 is 23.5 Å². The molecule has 0 aliphatic carbocycles. The normalized spacial score (nSPS) is 12.6. The van der Waals surface area contributed by atoms with E-state index in [2.05, 4.69) is 5.32 Å². The number of carboxylic acids is 1. The van der Waals surface area contributed by atoms with Gasteiger partial charge in [0, 0.05) is 5.69 Å². The highest BCUT2D eigenvalue weighted by atomic mass is 31.2. The Morgan fingerprint density at radius 2 is 1.72 bits per heavy atom. The van der Waals surface area contributed by atoms with Crippen LogP contribution < -0.4 is 5.32 Å². The monoisotopic (exact) mass is 363 g/mol. The maximum Gasteiger partial charge on any atom is 0.357 e. The number of carbonyl (C=O) groups is 1. The van der Waals surface area contributed by atoms with E-state index in [-0.39, 0.29) is 18.8 Å². The van der Waals surface area contributed by atoms with E-state index in [1.807, 2.05) is 30.3 Å². The van der Waals surface area contributed by atoms with Gasteiger partial charge in [-0.1, -0.05) is 36.4 Å². The second-order valence-electron chi connectivity index (χ2n) is 5.22.